The molecule has 0 fully saturated rings. The van der Waals surface area contributed by atoms with Crippen LogP contribution in [0.2, 0.25) is 0 Å². The third-order valence-corrected chi connectivity index (χ3v) is 4.13. The minimum absolute atomic E-state index is 0.182. The Labute approximate surface area is 149 Å². The second-order valence-corrected chi connectivity index (χ2v) is 6.58. The number of aromatic amines is 1. The Morgan fingerprint density at radius 1 is 1.27 bits per heavy atom. The maximum absolute atomic E-state index is 12.4. The van der Waals surface area contributed by atoms with Gasteiger partial charge in [0.1, 0.15) is 6.04 Å². The van der Waals surface area contributed by atoms with Crippen LogP contribution in [0.25, 0.3) is 11.2 Å². The third kappa shape index (κ3) is 3.68. The molecule has 0 radical (unpaired) electrons. The first-order valence-corrected chi connectivity index (χ1v) is 8.21. The van der Waals surface area contributed by atoms with Crippen LogP contribution in [-0.4, -0.2) is 39.1 Å². The molecule has 26 heavy (non-hydrogen) atoms. The monoisotopic (exact) mass is 366 g/mol. The highest BCUT2D eigenvalue weighted by Crippen LogP contribution is 2.06. The minimum atomic E-state index is -0.759. The van der Waals surface area contributed by atoms with Crippen molar-refractivity contribution in [1.29, 1.82) is 0 Å². The molecular formula is C16H24N5O5+. The molecule has 0 aliphatic carbocycles. The number of carbonyl (C=O) groups is 2. The van der Waals surface area contributed by atoms with Crippen LogP contribution in [0.15, 0.2) is 15.9 Å². The number of nitrogens with one attached hydrogen (secondary N) is 2. The molecule has 1 unspecified atom stereocenters. The van der Waals surface area contributed by atoms with E-state index in [1.807, 2.05) is 13.8 Å². The lowest BCUT2D eigenvalue weighted by Crippen LogP contribution is -2.50. The van der Waals surface area contributed by atoms with Crippen LogP contribution >= 0.6 is 0 Å². The quantitative estimate of drug-likeness (QED) is 0.479. The number of H-pyrrole nitrogens is 1. The molecule has 2 aromatic rings. The summed E-state index contributed by atoms with van der Waals surface area (Å²) in [7, 11) is 4.17. The van der Waals surface area contributed by atoms with Gasteiger partial charge in [0.25, 0.3) is 17.1 Å². The van der Waals surface area contributed by atoms with Gasteiger partial charge >= 0.3 is 17.2 Å². The first-order chi connectivity index (χ1) is 12.2. The van der Waals surface area contributed by atoms with E-state index in [2.05, 4.69) is 10.3 Å². The second-order valence-electron chi connectivity index (χ2n) is 6.58. The number of esters is 1. The molecule has 2 heterocycles. The van der Waals surface area contributed by atoms with Crippen molar-refractivity contribution in [3.8, 4) is 0 Å². The van der Waals surface area contributed by atoms with Gasteiger partial charge in [-0.3, -0.25) is 18.7 Å². The highest BCUT2D eigenvalue weighted by Gasteiger charge is 2.26. The average Bonchev–Trinajstić information content (AvgIpc) is 2.99. The Kier molecular flexibility index (Phi) is 5.63. The summed E-state index contributed by atoms with van der Waals surface area (Å²) in [5.41, 5.74) is -0.465. The molecule has 2 N–H and O–H groups in total. The Bertz CT molecular complexity index is 952. The van der Waals surface area contributed by atoms with E-state index < -0.39 is 29.2 Å². The minimum Gasteiger partial charge on any atom is -0.467 e. The highest BCUT2D eigenvalue weighted by molar-refractivity contribution is 5.83. The molecule has 1 amide bonds. The summed E-state index contributed by atoms with van der Waals surface area (Å²) in [6, 6.07) is -0.759. The summed E-state index contributed by atoms with van der Waals surface area (Å²) in [6.07, 6.45) is 1.88. The summed E-state index contributed by atoms with van der Waals surface area (Å²) in [6.45, 7) is 3.68. The lowest BCUT2D eigenvalue weighted by molar-refractivity contribution is -0.659. The molecular weight excluding hydrogens is 342 g/mol. The summed E-state index contributed by atoms with van der Waals surface area (Å²) in [5.74, 6) is -0.779. The second kappa shape index (κ2) is 7.54. The summed E-state index contributed by atoms with van der Waals surface area (Å²) < 4.78 is 8.40. The predicted octanol–water partition coefficient (Wildman–Crippen LogP) is -1.44. The fourth-order valence-corrected chi connectivity index (χ4v) is 2.80. The number of imidazole rings is 1. The first-order valence-electron chi connectivity index (χ1n) is 8.21. The SMILES string of the molecule is COC(=O)C(CC(C)C)NC(=O)C[n+]1c[nH]c2c1c(=O)n(C)c(=O)n2C. The van der Waals surface area contributed by atoms with Gasteiger partial charge in [0, 0.05) is 14.1 Å². The topological polar surface area (TPSA) is 119 Å². The van der Waals surface area contributed by atoms with Crippen molar-refractivity contribution < 1.29 is 18.9 Å². The third-order valence-electron chi connectivity index (χ3n) is 4.13. The van der Waals surface area contributed by atoms with Gasteiger partial charge in [-0.15, -0.1) is 0 Å². The number of fused-ring (bicyclic) bond motifs is 1. The molecule has 0 aliphatic rings. The highest BCUT2D eigenvalue weighted by atomic mass is 16.5. The number of rotatable bonds is 6. The Morgan fingerprint density at radius 2 is 1.92 bits per heavy atom. The number of amides is 1. The van der Waals surface area contributed by atoms with Gasteiger partial charge < -0.3 is 10.1 Å². The normalized spacial score (nSPS) is 12.4. The molecule has 0 aliphatic heterocycles. The zero-order valence-electron chi connectivity index (χ0n) is 15.5. The van der Waals surface area contributed by atoms with Crippen molar-refractivity contribution in [2.75, 3.05) is 7.11 Å². The maximum atomic E-state index is 12.4. The summed E-state index contributed by atoms with van der Waals surface area (Å²) in [4.78, 5) is 51.4. The lowest BCUT2D eigenvalue weighted by atomic mass is 10.0. The first kappa shape index (κ1) is 19.4. The Morgan fingerprint density at radius 3 is 2.50 bits per heavy atom. The van der Waals surface area contributed by atoms with Crippen LogP contribution in [0.4, 0.5) is 0 Å². The summed E-state index contributed by atoms with van der Waals surface area (Å²) in [5, 5.41) is 2.64. The molecule has 2 aromatic heterocycles. The number of ether oxygens (including phenoxy) is 1. The molecule has 0 aromatic carbocycles. The largest absolute Gasteiger partial charge is 0.467 e. The van der Waals surface area contributed by atoms with Gasteiger partial charge in [-0.05, 0) is 12.3 Å². The van der Waals surface area contributed by atoms with Crippen LogP contribution in [0, 0.1) is 5.92 Å². The number of hydrogen-bond acceptors (Lipinski definition) is 5. The predicted molar refractivity (Wildman–Crippen MR) is 92.4 cm³/mol. The fourth-order valence-electron chi connectivity index (χ4n) is 2.80. The van der Waals surface area contributed by atoms with E-state index in [-0.39, 0.29) is 18.0 Å². The number of aryl methyl sites for hydroxylation is 1. The van der Waals surface area contributed by atoms with E-state index in [0.29, 0.717) is 12.1 Å². The number of carbonyl (C=O) groups excluding carboxylic acids is 2. The average molecular weight is 366 g/mol. The zero-order valence-corrected chi connectivity index (χ0v) is 15.5. The van der Waals surface area contributed by atoms with Gasteiger partial charge in [0.2, 0.25) is 6.33 Å². The number of nitrogens with zero attached hydrogens (tertiary/aromatic N) is 3. The van der Waals surface area contributed by atoms with Gasteiger partial charge in [0.15, 0.2) is 6.54 Å². The fraction of sp³-hybridized carbons (Fsp3) is 0.562. The van der Waals surface area contributed by atoms with Gasteiger partial charge in [-0.1, -0.05) is 13.8 Å². The molecule has 1 atom stereocenters. The molecule has 0 bridgehead atoms. The standard InChI is InChI=1S/C16H23N5O5/c1-9(2)6-10(15(24)26-5)18-11(22)7-21-8-17-13-12(21)14(23)20(4)16(25)19(13)3/h8-10H,6-7H2,1-5H3,(H,18,22)/p+1. The van der Waals surface area contributed by atoms with E-state index >= 15 is 0 Å². The van der Waals surface area contributed by atoms with Crippen LogP contribution < -0.4 is 21.1 Å². The molecule has 2 rings (SSSR count). The van der Waals surface area contributed by atoms with Gasteiger partial charge in [0.05, 0.1) is 7.11 Å². The van der Waals surface area contributed by atoms with E-state index in [1.165, 1.54) is 36.7 Å². The zero-order chi connectivity index (χ0) is 19.6. The lowest BCUT2D eigenvalue weighted by Gasteiger charge is -2.17. The smallest absolute Gasteiger partial charge is 0.333 e. The van der Waals surface area contributed by atoms with Crippen LogP contribution in [-0.2, 0) is 35.0 Å². The van der Waals surface area contributed by atoms with Gasteiger partial charge in [-0.2, -0.15) is 0 Å². The van der Waals surface area contributed by atoms with Crippen LogP contribution in [0.1, 0.15) is 20.3 Å². The van der Waals surface area contributed by atoms with Crippen molar-refractivity contribution >= 4 is 23.0 Å². The molecule has 10 heteroatoms. The van der Waals surface area contributed by atoms with Crippen LogP contribution in [0.5, 0.6) is 0 Å². The Hall–Kier alpha value is -2.91. The van der Waals surface area contributed by atoms with Crippen molar-refractivity contribution in [2.24, 2.45) is 20.0 Å². The van der Waals surface area contributed by atoms with Crippen molar-refractivity contribution in [1.82, 2.24) is 19.4 Å². The van der Waals surface area contributed by atoms with E-state index in [0.717, 1.165) is 4.57 Å². The molecule has 0 saturated heterocycles. The van der Waals surface area contributed by atoms with E-state index in [1.54, 1.807) is 0 Å². The number of hydrogen-bond donors (Lipinski definition) is 2. The number of aromatic nitrogens is 4. The molecule has 0 spiro atoms. The van der Waals surface area contributed by atoms with Gasteiger partial charge in [-0.25, -0.2) is 19.1 Å². The van der Waals surface area contributed by atoms with Crippen LogP contribution in [0.3, 0.4) is 0 Å². The Balaban J connectivity index is 2.31. The molecule has 10 nitrogen and oxygen atoms in total. The maximum Gasteiger partial charge on any atom is 0.333 e. The molecule has 142 valence electrons. The molecule has 0 saturated carbocycles. The summed E-state index contributed by atoms with van der Waals surface area (Å²) >= 11 is 0. The van der Waals surface area contributed by atoms with E-state index in [9.17, 15) is 19.2 Å². The van der Waals surface area contributed by atoms with Crippen molar-refractivity contribution in [2.45, 2.75) is 32.9 Å². The van der Waals surface area contributed by atoms with E-state index in [4.69, 9.17) is 4.74 Å². The van der Waals surface area contributed by atoms with Crippen molar-refractivity contribution in [3.05, 3.63) is 27.2 Å². The number of methoxy groups -OCH3 is 1. The van der Waals surface area contributed by atoms with Crippen molar-refractivity contribution in [3.63, 3.8) is 0 Å².